The first kappa shape index (κ1) is 14.9. The van der Waals surface area contributed by atoms with Crippen LogP contribution < -0.4 is 0 Å². The van der Waals surface area contributed by atoms with E-state index in [9.17, 15) is 17.6 Å². The Morgan fingerprint density at radius 1 is 1.38 bits per heavy atom. The maximum atomic E-state index is 14.2. The Morgan fingerprint density at radius 2 is 2.10 bits per heavy atom. The predicted molar refractivity (Wildman–Crippen MR) is 62.4 cm³/mol. The Kier molecular flexibility index (Phi) is 3.87. The molecule has 0 aliphatic rings. The first-order chi connectivity index (χ1) is 9.83. The van der Waals surface area contributed by atoms with Gasteiger partial charge in [-0.15, -0.1) is 5.10 Å². The van der Waals surface area contributed by atoms with Crippen LogP contribution >= 0.6 is 0 Å². The summed E-state index contributed by atoms with van der Waals surface area (Å²) in [6.45, 7) is 0. The second-order valence-corrected chi connectivity index (χ2v) is 4.15. The number of nitrogens with zero attached hydrogens (tertiary/aromatic N) is 5. The number of aryl methyl sites for hydroxylation is 1. The number of hydrogen-bond donors (Lipinski definition) is 1. The molecule has 1 aromatic carbocycles. The van der Waals surface area contributed by atoms with Gasteiger partial charge in [-0.3, -0.25) is 0 Å². The highest BCUT2D eigenvalue weighted by atomic mass is 19.4. The van der Waals surface area contributed by atoms with Crippen molar-refractivity contribution >= 4 is 5.71 Å². The van der Waals surface area contributed by atoms with E-state index < -0.39 is 24.0 Å². The van der Waals surface area contributed by atoms with Crippen molar-refractivity contribution in [2.45, 2.75) is 12.6 Å². The standard InChI is InChI=1S/C11H9F4N5O/c1-20-10(16-18-19-20)9(17-21)7-4-2-3-6(8(7)12)5-11(13,14)15/h2-4,21H,5H2,1H3. The number of aromatic nitrogens is 4. The average Bonchev–Trinajstić information content (AvgIpc) is 2.80. The minimum Gasteiger partial charge on any atom is -0.410 e. The monoisotopic (exact) mass is 303 g/mol. The van der Waals surface area contributed by atoms with Gasteiger partial charge < -0.3 is 5.21 Å². The molecule has 2 rings (SSSR count). The second-order valence-electron chi connectivity index (χ2n) is 4.15. The number of benzene rings is 1. The van der Waals surface area contributed by atoms with E-state index in [2.05, 4.69) is 20.7 Å². The molecule has 0 unspecified atom stereocenters. The van der Waals surface area contributed by atoms with Crippen molar-refractivity contribution in [1.82, 2.24) is 20.2 Å². The summed E-state index contributed by atoms with van der Waals surface area (Å²) in [5, 5.41) is 22.2. The molecular weight excluding hydrogens is 294 g/mol. The molecule has 0 bridgehead atoms. The van der Waals surface area contributed by atoms with E-state index >= 15 is 0 Å². The van der Waals surface area contributed by atoms with Crippen molar-refractivity contribution in [3.8, 4) is 0 Å². The van der Waals surface area contributed by atoms with Crippen molar-refractivity contribution in [1.29, 1.82) is 0 Å². The minimum absolute atomic E-state index is 0.0828. The lowest BCUT2D eigenvalue weighted by atomic mass is 10.0. The highest BCUT2D eigenvalue weighted by Crippen LogP contribution is 2.25. The maximum absolute atomic E-state index is 14.2. The molecule has 2 aromatic rings. The summed E-state index contributed by atoms with van der Waals surface area (Å²) < 4.78 is 52.5. The van der Waals surface area contributed by atoms with Gasteiger partial charge in [-0.25, -0.2) is 9.07 Å². The summed E-state index contributed by atoms with van der Waals surface area (Å²) in [6.07, 6.45) is -5.98. The van der Waals surface area contributed by atoms with Gasteiger partial charge in [0.15, 0.2) is 5.71 Å². The largest absolute Gasteiger partial charge is 0.410 e. The molecule has 0 fully saturated rings. The molecule has 10 heteroatoms. The summed E-state index contributed by atoms with van der Waals surface area (Å²) in [4.78, 5) is 0. The van der Waals surface area contributed by atoms with Crippen molar-refractivity contribution in [2.75, 3.05) is 0 Å². The number of alkyl halides is 3. The van der Waals surface area contributed by atoms with E-state index in [4.69, 9.17) is 5.21 Å². The average molecular weight is 303 g/mol. The van der Waals surface area contributed by atoms with Gasteiger partial charge in [-0.2, -0.15) is 13.2 Å². The highest BCUT2D eigenvalue weighted by molar-refractivity contribution is 6.10. The summed E-state index contributed by atoms with van der Waals surface area (Å²) >= 11 is 0. The molecule has 0 aliphatic carbocycles. The molecule has 0 saturated heterocycles. The van der Waals surface area contributed by atoms with Gasteiger partial charge in [0.05, 0.1) is 6.42 Å². The number of hydrogen-bond acceptors (Lipinski definition) is 5. The number of rotatable bonds is 3. The van der Waals surface area contributed by atoms with E-state index in [1.54, 1.807) is 0 Å². The predicted octanol–water partition coefficient (Wildman–Crippen LogP) is 1.68. The van der Waals surface area contributed by atoms with Crippen LogP contribution in [0.5, 0.6) is 0 Å². The number of halogens is 4. The molecule has 1 N–H and O–H groups in total. The van der Waals surface area contributed by atoms with Crippen molar-refractivity contribution in [3.05, 3.63) is 41.0 Å². The molecule has 1 aromatic heterocycles. The van der Waals surface area contributed by atoms with Crippen molar-refractivity contribution < 1.29 is 22.8 Å². The van der Waals surface area contributed by atoms with Crippen LogP contribution in [0.3, 0.4) is 0 Å². The van der Waals surface area contributed by atoms with Gasteiger partial charge in [0, 0.05) is 12.6 Å². The summed E-state index contributed by atoms with van der Waals surface area (Å²) in [6, 6.07) is 3.42. The van der Waals surface area contributed by atoms with Gasteiger partial charge in [0.2, 0.25) is 5.82 Å². The molecular formula is C11H9F4N5O. The molecule has 1 heterocycles. The molecule has 0 aliphatic heterocycles. The third kappa shape index (κ3) is 3.15. The topological polar surface area (TPSA) is 76.2 Å². The van der Waals surface area contributed by atoms with E-state index in [0.29, 0.717) is 0 Å². The molecule has 0 spiro atoms. The fourth-order valence-corrected chi connectivity index (χ4v) is 1.76. The molecule has 112 valence electrons. The van der Waals surface area contributed by atoms with Crippen LogP contribution in [-0.2, 0) is 13.5 Å². The Labute approximate surface area is 115 Å². The minimum atomic E-state index is -4.55. The van der Waals surface area contributed by atoms with E-state index in [1.165, 1.54) is 19.2 Å². The van der Waals surface area contributed by atoms with Crippen LogP contribution in [0.2, 0.25) is 0 Å². The van der Waals surface area contributed by atoms with Gasteiger partial charge >= 0.3 is 6.18 Å². The summed E-state index contributed by atoms with van der Waals surface area (Å²) in [5.41, 5.74) is -1.24. The van der Waals surface area contributed by atoms with E-state index in [1.807, 2.05) is 0 Å². The molecule has 6 nitrogen and oxygen atoms in total. The van der Waals surface area contributed by atoms with Crippen LogP contribution in [0, 0.1) is 5.82 Å². The quantitative estimate of drug-likeness (QED) is 0.405. The Hall–Kier alpha value is -2.52. The van der Waals surface area contributed by atoms with Crippen molar-refractivity contribution in [2.24, 2.45) is 12.2 Å². The number of tetrazole rings is 1. The lowest BCUT2D eigenvalue weighted by molar-refractivity contribution is -0.127. The summed E-state index contributed by atoms with van der Waals surface area (Å²) in [5.74, 6) is -1.22. The van der Waals surface area contributed by atoms with Crippen LogP contribution in [0.25, 0.3) is 0 Å². The third-order valence-electron chi connectivity index (χ3n) is 2.66. The summed E-state index contributed by atoms with van der Waals surface area (Å²) in [7, 11) is 1.41. The Morgan fingerprint density at radius 3 is 2.62 bits per heavy atom. The normalized spacial score (nSPS) is 12.7. The van der Waals surface area contributed by atoms with E-state index in [0.717, 1.165) is 10.7 Å². The fourth-order valence-electron chi connectivity index (χ4n) is 1.76. The second kappa shape index (κ2) is 5.46. The van der Waals surface area contributed by atoms with Gasteiger partial charge in [0.25, 0.3) is 0 Å². The lowest BCUT2D eigenvalue weighted by Gasteiger charge is -2.10. The highest BCUT2D eigenvalue weighted by Gasteiger charge is 2.30. The van der Waals surface area contributed by atoms with Gasteiger partial charge in [-0.1, -0.05) is 17.3 Å². The van der Waals surface area contributed by atoms with Crippen LogP contribution in [0.4, 0.5) is 17.6 Å². The zero-order valence-electron chi connectivity index (χ0n) is 10.6. The zero-order chi connectivity index (χ0) is 15.6. The van der Waals surface area contributed by atoms with Crippen LogP contribution in [-0.4, -0.2) is 37.3 Å². The zero-order valence-corrected chi connectivity index (χ0v) is 10.6. The molecule has 21 heavy (non-hydrogen) atoms. The fraction of sp³-hybridized carbons (Fsp3) is 0.273. The maximum Gasteiger partial charge on any atom is 0.393 e. The first-order valence-electron chi connectivity index (χ1n) is 5.63. The van der Waals surface area contributed by atoms with Crippen molar-refractivity contribution in [3.63, 3.8) is 0 Å². The smallest absolute Gasteiger partial charge is 0.393 e. The Bertz CT molecular complexity index is 679. The Balaban J connectivity index is 2.49. The third-order valence-corrected chi connectivity index (χ3v) is 2.66. The molecule has 0 amide bonds. The molecule has 0 saturated carbocycles. The molecule has 0 atom stereocenters. The van der Waals surface area contributed by atoms with Gasteiger partial charge in [0.1, 0.15) is 5.82 Å². The van der Waals surface area contributed by atoms with Crippen LogP contribution in [0.1, 0.15) is 17.0 Å². The number of oxime groups is 1. The first-order valence-corrected chi connectivity index (χ1v) is 5.63. The lowest BCUT2D eigenvalue weighted by Crippen LogP contribution is -2.17. The van der Waals surface area contributed by atoms with E-state index in [-0.39, 0.29) is 17.1 Å². The molecule has 0 radical (unpaired) electrons. The SMILES string of the molecule is Cn1nnnc1C(=NO)c1cccc(CC(F)(F)F)c1F. The van der Waals surface area contributed by atoms with Crippen LogP contribution in [0.15, 0.2) is 23.4 Å². The van der Waals surface area contributed by atoms with Gasteiger partial charge in [-0.05, 0) is 22.1 Å².